The van der Waals surface area contributed by atoms with Crippen molar-refractivity contribution in [2.75, 3.05) is 12.4 Å². The van der Waals surface area contributed by atoms with Crippen molar-refractivity contribution < 1.29 is 14.3 Å². The summed E-state index contributed by atoms with van der Waals surface area (Å²) in [6.07, 6.45) is 0. The number of benzene rings is 2. The summed E-state index contributed by atoms with van der Waals surface area (Å²) in [7, 11) is 1.60. The minimum absolute atomic E-state index is 0.203. The lowest BCUT2D eigenvalue weighted by atomic mass is 10.1. The van der Waals surface area contributed by atoms with Crippen LogP contribution in [0.1, 0.15) is 21.6 Å². The highest BCUT2D eigenvalue weighted by atomic mass is 32.1. The molecule has 5 nitrogen and oxygen atoms in total. The van der Waals surface area contributed by atoms with E-state index in [1.165, 1.54) is 16.2 Å². The summed E-state index contributed by atoms with van der Waals surface area (Å²) < 4.78 is 5.19. The van der Waals surface area contributed by atoms with E-state index in [1.54, 1.807) is 7.11 Å². The van der Waals surface area contributed by atoms with Gasteiger partial charge in [0.15, 0.2) is 0 Å². The molecule has 1 aromatic heterocycles. The van der Waals surface area contributed by atoms with Crippen molar-refractivity contribution in [1.29, 1.82) is 0 Å². The van der Waals surface area contributed by atoms with Gasteiger partial charge in [0.05, 0.1) is 19.2 Å². The Balaban J connectivity index is 1.69. The van der Waals surface area contributed by atoms with Crippen LogP contribution in [0.3, 0.4) is 0 Å². The minimum atomic E-state index is -0.320. The summed E-state index contributed by atoms with van der Waals surface area (Å²) in [5.74, 6) is 0.122. The van der Waals surface area contributed by atoms with Gasteiger partial charge in [-0.25, -0.2) is 0 Å². The van der Waals surface area contributed by atoms with E-state index in [0.717, 1.165) is 33.0 Å². The van der Waals surface area contributed by atoms with Crippen LogP contribution in [0.15, 0.2) is 65.7 Å². The zero-order valence-corrected chi connectivity index (χ0v) is 17.9. The molecule has 2 aromatic carbocycles. The average molecular weight is 419 g/mol. The minimum Gasteiger partial charge on any atom is -0.497 e. The molecule has 1 aliphatic rings. The van der Waals surface area contributed by atoms with Gasteiger partial charge in [-0.2, -0.15) is 0 Å². The molecule has 6 heteroatoms. The molecule has 0 unspecified atom stereocenters. The molecule has 0 saturated heterocycles. The molecule has 0 atom stereocenters. The van der Waals surface area contributed by atoms with Gasteiger partial charge in [0.1, 0.15) is 11.4 Å². The SMILES string of the molecule is COc1ccc(CN2C(=O)C(Nc3ccc(C)cc3C)=C(c3cccs3)C2=O)cc1. The molecule has 0 fully saturated rings. The van der Waals surface area contributed by atoms with Gasteiger partial charge in [0.2, 0.25) is 0 Å². The smallest absolute Gasteiger partial charge is 0.278 e. The number of nitrogens with one attached hydrogen (secondary N) is 1. The maximum atomic E-state index is 13.3. The number of hydrogen-bond acceptors (Lipinski definition) is 5. The van der Waals surface area contributed by atoms with Gasteiger partial charge < -0.3 is 10.1 Å². The van der Waals surface area contributed by atoms with Crippen LogP contribution in [0.4, 0.5) is 5.69 Å². The van der Waals surface area contributed by atoms with Crippen molar-refractivity contribution in [1.82, 2.24) is 4.90 Å². The number of hydrogen-bond donors (Lipinski definition) is 1. The highest BCUT2D eigenvalue weighted by molar-refractivity contribution is 7.11. The number of methoxy groups -OCH3 is 1. The number of thiophene rings is 1. The van der Waals surface area contributed by atoms with Crippen LogP contribution in [0.2, 0.25) is 0 Å². The zero-order chi connectivity index (χ0) is 21.3. The summed E-state index contributed by atoms with van der Waals surface area (Å²) >= 11 is 1.45. The third kappa shape index (κ3) is 3.74. The van der Waals surface area contributed by atoms with Crippen LogP contribution >= 0.6 is 11.3 Å². The lowest BCUT2D eigenvalue weighted by Gasteiger charge is -2.16. The molecular formula is C24H22N2O3S. The molecule has 0 aliphatic carbocycles. The Kier molecular flexibility index (Phi) is 5.42. The van der Waals surface area contributed by atoms with Crippen LogP contribution < -0.4 is 10.1 Å². The molecule has 0 radical (unpaired) electrons. The first-order valence-electron chi connectivity index (χ1n) is 9.59. The Morgan fingerprint density at radius 1 is 1.00 bits per heavy atom. The third-order valence-electron chi connectivity index (χ3n) is 5.08. The fourth-order valence-electron chi connectivity index (χ4n) is 3.49. The van der Waals surface area contributed by atoms with Gasteiger partial charge in [0, 0.05) is 10.6 Å². The van der Waals surface area contributed by atoms with E-state index in [1.807, 2.05) is 73.8 Å². The van der Waals surface area contributed by atoms with E-state index < -0.39 is 0 Å². The lowest BCUT2D eigenvalue weighted by molar-refractivity contribution is -0.137. The van der Waals surface area contributed by atoms with Gasteiger partial charge in [0.25, 0.3) is 11.8 Å². The standard InChI is InChI=1S/C24H22N2O3S/c1-15-6-11-19(16(2)13-15)25-22-21(20-5-4-12-30-20)23(27)26(24(22)28)14-17-7-9-18(29-3)10-8-17/h4-13,25H,14H2,1-3H3. The first-order valence-corrected chi connectivity index (χ1v) is 10.5. The molecule has 2 heterocycles. The van der Waals surface area contributed by atoms with Gasteiger partial charge in [-0.15, -0.1) is 11.3 Å². The van der Waals surface area contributed by atoms with E-state index in [4.69, 9.17) is 4.74 Å². The van der Waals surface area contributed by atoms with Crippen LogP contribution in [0.5, 0.6) is 5.75 Å². The topological polar surface area (TPSA) is 58.6 Å². The van der Waals surface area contributed by atoms with Gasteiger partial charge >= 0.3 is 0 Å². The first-order chi connectivity index (χ1) is 14.5. The van der Waals surface area contributed by atoms with Crippen molar-refractivity contribution in [3.8, 4) is 5.75 Å². The Labute approximate surface area is 179 Å². The normalized spacial score (nSPS) is 13.9. The number of carbonyl (C=O) groups is 2. The number of amides is 2. The summed E-state index contributed by atoms with van der Waals surface area (Å²) in [5, 5.41) is 5.15. The number of ether oxygens (including phenoxy) is 1. The number of imide groups is 1. The number of rotatable bonds is 6. The third-order valence-corrected chi connectivity index (χ3v) is 5.96. The number of anilines is 1. The van der Waals surface area contributed by atoms with E-state index >= 15 is 0 Å². The van der Waals surface area contributed by atoms with Crippen LogP contribution in [0.25, 0.3) is 5.57 Å². The predicted octanol–water partition coefficient (Wildman–Crippen LogP) is 4.77. The summed E-state index contributed by atoms with van der Waals surface area (Å²) in [6, 6.07) is 17.1. The van der Waals surface area contributed by atoms with E-state index in [-0.39, 0.29) is 18.4 Å². The Morgan fingerprint density at radius 3 is 2.40 bits per heavy atom. The highest BCUT2D eigenvalue weighted by Crippen LogP contribution is 2.34. The number of aryl methyl sites for hydroxylation is 2. The fraction of sp³-hybridized carbons (Fsp3) is 0.167. The Hall–Kier alpha value is -3.38. The van der Waals surface area contributed by atoms with E-state index in [2.05, 4.69) is 5.32 Å². The molecule has 1 aliphatic heterocycles. The Morgan fingerprint density at radius 2 is 1.77 bits per heavy atom. The van der Waals surface area contributed by atoms with E-state index in [9.17, 15) is 9.59 Å². The van der Waals surface area contributed by atoms with Crippen molar-refractivity contribution in [3.05, 3.63) is 87.2 Å². The molecule has 1 N–H and O–H groups in total. The molecule has 2 amide bonds. The Bertz CT molecular complexity index is 1130. The molecule has 0 spiro atoms. The highest BCUT2D eigenvalue weighted by Gasteiger charge is 2.39. The van der Waals surface area contributed by atoms with Gasteiger partial charge in [-0.3, -0.25) is 14.5 Å². The summed E-state index contributed by atoms with van der Waals surface area (Å²) in [4.78, 5) is 28.6. The average Bonchev–Trinajstić information content (AvgIpc) is 3.33. The van der Waals surface area contributed by atoms with Gasteiger partial charge in [-0.1, -0.05) is 35.9 Å². The first kappa shape index (κ1) is 19.9. The maximum absolute atomic E-state index is 13.3. The van der Waals surface area contributed by atoms with Crippen molar-refractivity contribution in [3.63, 3.8) is 0 Å². The largest absolute Gasteiger partial charge is 0.497 e. The van der Waals surface area contributed by atoms with Crippen LogP contribution in [-0.4, -0.2) is 23.8 Å². The molecule has 0 bridgehead atoms. The van der Waals surface area contributed by atoms with E-state index in [0.29, 0.717) is 11.3 Å². The quantitative estimate of drug-likeness (QED) is 0.586. The maximum Gasteiger partial charge on any atom is 0.278 e. The summed E-state index contributed by atoms with van der Waals surface area (Å²) in [6.45, 7) is 4.21. The van der Waals surface area contributed by atoms with Crippen molar-refractivity contribution in [2.24, 2.45) is 0 Å². The molecule has 152 valence electrons. The van der Waals surface area contributed by atoms with Gasteiger partial charge in [-0.05, 0) is 54.6 Å². The number of nitrogens with zero attached hydrogens (tertiary/aromatic N) is 1. The molecule has 0 saturated carbocycles. The fourth-order valence-corrected chi connectivity index (χ4v) is 4.26. The zero-order valence-electron chi connectivity index (χ0n) is 17.1. The van der Waals surface area contributed by atoms with Crippen LogP contribution in [0, 0.1) is 13.8 Å². The summed E-state index contributed by atoms with van der Waals surface area (Å²) in [5.41, 5.74) is 4.57. The second-order valence-electron chi connectivity index (χ2n) is 7.22. The number of carbonyl (C=O) groups excluding carboxylic acids is 2. The van der Waals surface area contributed by atoms with Crippen LogP contribution in [-0.2, 0) is 16.1 Å². The second-order valence-corrected chi connectivity index (χ2v) is 8.16. The molecular weight excluding hydrogens is 396 g/mol. The molecule has 4 rings (SSSR count). The monoisotopic (exact) mass is 418 g/mol. The van der Waals surface area contributed by atoms with Crippen molar-refractivity contribution >= 4 is 34.4 Å². The lowest BCUT2D eigenvalue weighted by Crippen LogP contribution is -2.32. The molecule has 3 aromatic rings. The van der Waals surface area contributed by atoms with Crippen molar-refractivity contribution in [2.45, 2.75) is 20.4 Å². The second kappa shape index (κ2) is 8.16. The molecule has 30 heavy (non-hydrogen) atoms. The predicted molar refractivity (Wildman–Crippen MR) is 119 cm³/mol.